The van der Waals surface area contributed by atoms with Crippen LogP contribution in [0.1, 0.15) is 37.7 Å². The molecule has 0 saturated carbocycles. The molecule has 1 aliphatic heterocycles. The fourth-order valence-electron chi connectivity index (χ4n) is 3.02. The van der Waals surface area contributed by atoms with Crippen molar-refractivity contribution in [3.8, 4) is 0 Å². The molecule has 0 spiro atoms. The van der Waals surface area contributed by atoms with E-state index < -0.39 is 0 Å². The van der Waals surface area contributed by atoms with Crippen LogP contribution in [0, 0.1) is 20.8 Å². The maximum absolute atomic E-state index is 12.6. The lowest BCUT2D eigenvalue weighted by Crippen LogP contribution is -2.50. The Morgan fingerprint density at radius 2 is 1.62 bits per heavy atom. The standard InChI is InChI=1S/C18H21N3O3/c1-12-5-4-6-15(11-12)17(22)20-7-9-21(10-8-20)18(23)16-13(2)19-24-14(16)3/h4-6,11H,7-10H2,1-3H3. The van der Waals surface area contributed by atoms with Crippen molar-refractivity contribution < 1.29 is 14.1 Å². The van der Waals surface area contributed by atoms with E-state index in [-0.39, 0.29) is 11.8 Å². The number of hydrogen-bond donors (Lipinski definition) is 0. The zero-order valence-corrected chi connectivity index (χ0v) is 14.2. The van der Waals surface area contributed by atoms with E-state index in [0.29, 0.717) is 48.8 Å². The third-order valence-corrected chi connectivity index (χ3v) is 4.37. The summed E-state index contributed by atoms with van der Waals surface area (Å²) in [6.07, 6.45) is 0. The second-order valence-electron chi connectivity index (χ2n) is 6.15. The fourth-order valence-corrected chi connectivity index (χ4v) is 3.02. The molecule has 1 saturated heterocycles. The van der Waals surface area contributed by atoms with E-state index in [1.165, 1.54) is 0 Å². The van der Waals surface area contributed by atoms with Gasteiger partial charge in [0.05, 0.1) is 5.69 Å². The minimum absolute atomic E-state index is 0.0168. The summed E-state index contributed by atoms with van der Waals surface area (Å²) in [6, 6.07) is 7.58. The first-order valence-electron chi connectivity index (χ1n) is 8.05. The summed E-state index contributed by atoms with van der Waals surface area (Å²) < 4.78 is 5.07. The normalized spacial score (nSPS) is 14.8. The Hall–Kier alpha value is -2.63. The first kappa shape index (κ1) is 16.2. The second kappa shape index (κ2) is 6.47. The molecular weight excluding hydrogens is 306 g/mol. The number of amides is 2. The first-order valence-corrected chi connectivity index (χ1v) is 8.05. The molecule has 0 bridgehead atoms. The first-order chi connectivity index (χ1) is 11.5. The van der Waals surface area contributed by atoms with Gasteiger partial charge in [0.15, 0.2) is 0 Å². The number of hydrogen-bond acceptors (Lipinski definition) is 4. The third-order valence-electron chi connectivity index (χ3n) is 4.37. The SMILES string of the molecule is Cc1cccc(C(=O)N2CCN(C(=O)c3c(C)noc3C)CC2)c1. The van der Waals surface area contributed by atoms with Gasteiger partial charge in [-0.25, -0.2) is 0 Å². The van der Waals surface area contributed by atoms with Crippen molar-refractivity contribution in [1.29, 1.82) is 0 Å². The number of aromatic nitrogens is 1. The highest BCUT2D eigenvalue weighted by Crippen LogP contribution is 2.17. The molecule has 0 unspecified atom stereocenters. The molecule has 2 heterocycles. The molecule has 6 nitrogen and oxygen atoms in total. The zero-order chi connectivity index (χ0) is 17.3. The molecule has 2 amide bonds. The van der Waals surface area contributed by atoms with Crippen LogP contribution in [0.15, 0.2) is 28.8 Å². The van der Waals surface area contributed by atoms with E-state index in [2.05, 4.69) is 5.16 Å². The van der Waals surface area contributed by atoms with Gasteiger partial charge in [0.25, 0.3) is 11.8 Å². The lowest BCUT2D eigenvalue weighted by Gasteiger charge is -2.34. The Balaban J connectivity index is 1.66. The van der Waals surface area contributed by atoms with E-state index >= 15 is 0 Å². The third kappa shape index (κ3) is 3.04. The summed E-state index contributed by atoms with van der Waals surface area (Å²) in [4.78, 5) is 28.7. The van der Waals surface area contributed by atoms with Gasteiger partial charge in [-0.2, -0.15) is 0 Å². The topological polar surface area (TPSA) is 66.7 Å². The highest BCUT2D eigenvalue weighted by atomic mass is 16.5. The molecule has 6 heteroatoms. The molecular formula is C18H21N3O3. The fraction of sp³-hybridized carbons (Fsp3) is 0.389. The summed E-state index contributed by atoms with van der Waals surface area (Å²) in [5, 5.41) is 3.84. The Kier molecular flexibility index (Phi) is 4.38. The Morgan fingerprint density at radius 1 is 1.00 bits per heavy atom. The molecule has 2 aromatic rings. The zero-order valence-electron chi connectivity index (χ0n) is 14.2. The smallest absolute Gasteiger partial charge is 0.259 e. The molecule has 1 fully saturated rings. The van der Waals surface area contributed by atoms with Crippen molar-refractivity contribution >= 4 is 11.8 Å². The molecule has 1 aromatic heterocycles. The molecule has 3 rings (SSSR count). The van der Waals surface area contributed by atoms with Crippen LogP contribution in [-0.2, 0) is 0 Å². The van der Waals surface area contributed by atoms with E-state index in [4.69, 9.17) is 4.52 Å². The average Bonchev–Trinajstić information content (AvgIpc) is 2.92. The van der Waals surface area contributed by atoms with E-state index in [1.54, 1.807) is 23.6 Å². The maximum atomic E-state index is 12.6. The van der Waals surface area contributed by atoms with Crippen molar-refractivity contribution in [3.05, 3.63) is 52.4 Å². The molecule has 126 valence electrons. The number of benzene rings is 1. The van der Waals surface area contributed by atoms with Crippen LogP contribution in [0.25, 0.3) is 0 Å². The van der Waals surface area contributed by atoms with Gasteiger partial charge in [0.1, 0.15) is 11.3 Å². The quantitative estimate of drug-likeness (QED) is 0.848. The van der Waals surface area contributed by atoms with Crippen LogP contribution in [0.3, 0.4) is 0 Å². The summed E-state index contributed by atoms with van der Waals surface area (Å²) in [6.45, 7) is 7.56. The Morgan fingerprint density at radius 3 is 2.17 bits per heavy atom. The lowest BCUT2D eigenvalue weighted by molar-refractivity contribution is 0.0534. The second-order valence-corrected chi connectivity index (χ2v) is 6.15. The molecule has 0 aliphatic carbocycles. The van der Waals surface area contributed by atoms with Gasteiger partial charge in [-0.15, -0.1) is 0 Å². The van der Waals surface area contributed by atoms with Crippen molar-refractivity contribution in [2.24, 2.45) is 0 Å². The van der Waals surface area contributed by atoms with Crippen molar-refractivity contribution in [1.82, 2.24) is 15.0 Å². The van der Waals surface area contributed by atoms with Crippen LogP contribution in [0.4, 0.5) is 0 Å². The van der Waals surface area contributed by atoms with E-state index in [9.17, 15) is 9.59 Å². The Labute approximate surface area is 141 Å². The van der Waals surface area contributed by atoms with Crippen LogP contribution in [0.2, 0.25) is 0 Å². The number of carbonyl (C=O) groups is 2. The van der Waals surface area contributed by atoms with Gasteiger partial charge >= 0.3 is 0 Å². The lowest BCUT2D eigenvalue weighted by atomic mass is 10.1. The van der Waals surface area contributed by atoms with Gasteiger partial charge in [-0.3, -0.25) is 9.59 Å². The largest absolute Gasteiger partial charge is 0.361 e. The number of aryl methyl sites for hydroxylation is 3. The summed E-state index contributed by atoms with van der Waals surface area (Å²) in [7, 11) is 0. The highest BCUT2D eigenvalue weighted by Gasteiger charge is 2.28. The van der Waals surface area contributed by atoms with Gasteiger partial charge < -0.3 is 14.3 Å². The monoisotopic (exact) mass is 327 g/mol. The Bertz CT molecular complexity index is 754. The molecule has 1 aliphatic rings. The molecule has 0 atom stereocenters. The predicted octanol–water partition coefficient (Wildman–Crippen LogP) is 2.20. The van der Waals surface area contributed by atoms with Crippen molar-refractivity contribution in [2.75, 3.05) is 26.2 Å². The van der Waals surface area contributed by atoms with Crippen LogP contribution >= 0.6 is 0 Å². The van der Waals surface area contributed by atoms with Crippen molar-refractivity contribution in [2.45, 2.75) is 20.8 Å². The molecule has 0 radical (unpaired) electrons. The summed E-state index contributed by atoms with van der Waals surface area (Å²) in [5.74, 6) is 0.479. The minimum atomic E-state index is -0.0751. The van der Waals surface area contributed by atoms with Crippen LogP contribution < -0.4 is 0 Å². The van der Waals surface area contributed by atoms with Crippen molar-refractivity contribution in [3.63, 3.8) is 0 Å². The van der Waals surface area contributed by atoms with Crippen LogP contribution in [-0.4, -0.2) is 52.9 Å². The molecule has 1 aromatic carbocycles. The molecule has 24 heavy (non-hydrogen) atoms. The summed E-state index contributed by atoms with van der Waals surface area (Å²) in [5.41, 5.74) is 2.90. The van der Waals surface area contributed by atoms with E-state index in [1.807, 2.05) is 31.2 Å². The van der Waals surface area contributed by atoms with Gasteiger partial charge in [-0.05, 0) is 32.9 Å². The van der Waals surface area contributed by atoms with Gasteiger partial charge in [0, 0.05) is 31.7 Å². The number of piperazine rings is 1. The van der Waals surface area contributed by atoms with Gasteiger partial charge in [-0.1, -0.05) is 22.9 Å². The summed E-state index contributed by atoms with van der Waals surface area (Å²) >= 11 is 0. The van der Waals surface area contributed by atoms with Gasteiger partial charge in [0.2, 0.25) is 0 Å². The average molecular weight is 327 g/mol. The molecule has 0 N–H and O–H groups in total. The highest BCUT2D eigenvalue weighted by molar-refractivity contribution is 5.97. The number of rotatable bonds is 2. The predicted molar refractivity (Wildman–Crippen MR) is 89.0 cm³/mol. The minimum Gasteiger partial charge on any atom is -0.361 e. The number of carbonyl (C=O) groups excluding carboxylic acids is 2. The number of nitrogens with zero attached hydrogens (tertiary/aromatic N) is 3. The van der Waals surface area contributed by atoms with E-state index in [0.717, 1.165) is 5.56 Å². The van der Waals surface area contributed by atoms with Crippen LogP contribution in [0.5, 0.6) is 0 Å². The maximum Gasteiger partial charge on any atom is 0.259 e.